The summed E-state index contributed by atoms with van der Waals surface area (Å²) < 4.78 is 0.400. The van der Waals surface area contributed by atoms with Crippen molar-refractivity contribution in [2.24, 2.45) is 0 Å². The second-order valence-electron chi connectivity index (χ2n) is 7.88. The average Bonchev–Trinajstić information content (AvgIpc) is 2.38. The normalized spacial score (nSPS) is 32.0. The Hall–Kier alpha value is -0.581. The van der Waals surface area contributed by atoms with Crippen LogP contribution in [0.1, 0.15) is 43.7 Å². The van der Waals surface area contributed by atoms with E-state index >= 15 is 0 Å². The zero-order valence-corrected chi connectivity index (χ0v) is 15.7. The molecule has 0 radical (unpaired) electrons. The number of hydrogen-bond acceptors (Lipinski definition) is 2. The molecule has 3 aliphatic carbocycles. The average molecular weight is 380 g/mol. The number of nitro groups is 1. The van der Waals surface area contributed by atoms with Gasteiger partial charge in [0.05, 0.1) is 0 Å². The molecule has 3 aliphatic rings. The summed E-state index contributed by atoms with van der Waals surface area (Å²) in [6.07, 6.45) is 5.01. The van der Waals surface area contributed by atoms with E-state index in [-0.39, 0.29) is 16.0 Å². The molecule has 1 saturated carbocycles. The monoisotopic (exact) mass is 381 g/mol. The summed E-state index contributed by atoms with van der Waals surface area (Å²) in [6.45, 7) is 2.30. The van der Waals surface area contributed by atoms with Gasteiger partial charge in [0, 0.05) is 0 Å². The molecule has 1 fully saturated rings. The van der Waals surface area contributed by atoms with Crippen LogP contribution < -0.4 is 0 Å². The maximum atomic E-state index is 11.1. The zero-order chi connectivity index (χ0) is 14.8. The van der Waals surface area contributed by atoms with Gasteiger partial charge < -0.3 is 0 Å². The fourth-order valence-electron chi connectivity index (χ4n) is 4.48. The molecule has 0 saturated heterocycles. The fraction of sp³-hybridized carbons (Fsp3) is 0.625. The van der Waals surface area contributed by atoms with E-state index in [1.807, 2.05) is 6.07 Å². The van der Waals surface area contributed by atoms with Gasteiger partial charge in [0.1, 0.15) is 0 Å². The fourth-order valence-corrected chi connectivity index (χ4v) is 12.4. The first kappa shape index (κ1) is 14.4. The van der Waals surface area contributed by atoms with Gasteiger partial charge in [-0.15, -0.1) is 0 Å². The second-order valence-corrected chi connectivity index (χ2v) is 23.5. The number of non-ortho nitro benzene ring substituents is 1. The summed E-state index contributed by atoms with van der Waals surface area (Å²) in [6, 6.07) is 5.69. The van der Waals surface area contributed by atoms with Crippen molar-refractivity contribution in [3.05, 3.63) is 39.4 Å². The van der Waals surface area contributed by atoms with E-state index in [1.54, 1.807) is 6.07 Å². The molecule has 0 aliphatic heterocycles. The molecule has 0 N–H and O–H groups in total. The van der Waals surface area contributed by atoms with Crippen molar-refractivity contribution in [2.75, 3.05) is 0 Å². The Morgan fingerprint density at radius 1 is 1.10 bits per heavy atom. The Morgan fingerprint density at radius 2 is 1.70 bits per heavy atom. The molecular formula is C16H23NO2Sn. The standard InChI is InChI=1S/C13H14NO2.3CH3.Sn/c1-13-6-4-9(5-7-13)11-3-2-10(14(15)16)8-12(11)13;;;;/h2-3,8H,4-7H2,1H3;3*1H3;. The molecule has 1 aromatic carbocycles. The molecule has 0 atom stereocenters. The molecule has 0 aromatic heterocycles. The van der Waals surface area contributed by atoms with Crippen LogP contribution in [0.3, 0.4) is 0 Å². The number of nitro benzene ring substituents is 1. The van der Waals surface area contributed by atoms with Crippen LogP contribution in [-0.2, 0) is 8.85 Å². The molecule has 2 bridgehead atoms. The van der Waals surface area contributed by atoms with Gasteiger partial charge in [-0.3, -0.25) is 0 Å². The van der Waals surface area contributed by atoms with Gasteiger partial charge in [-0.1, -0.05) is 0 Å². The van der Waals surface area contributed by atoms with E-state index < -0.39 is 18.4 Å². The van der Waals surface area contributed by atoms with Gasteiger partial charge in [-0.2, -0.15) is 0 Å². The van der Waals surface area contributed by atoms with Crippen molar-refractivity contribution in [1.29, 1.82) is 0 Å². The van der Waals surface area contributed by atoms with Gasteiger partial charge in [-0.05, 0) is 0 Å². The van der Waals surface area contributed by atoms with E-state index in [4.69, 9.17) is 0 Å². The van der Waals surface area contributed by atoms with E-state index in [9.17, 15) is 10.1 Å². The molecule has 0 heterocycles. The number of rotatable bonds is 2. The summed E-state index contributed by atoms with van der Waals surface area (Å²) in [5.41, 5.74) is 3.18. The molecular weight excluding hydrogens is 357 g/mol. The summed E-state index contributed by atoms with van der Waals surface area (Å²) >= 11 is -2.17. The van der Waals surface area contributed by atoms with Crippen LogP contribution in [0.15, 0.2) is 18.2 Å². The molecule has 0 spiro atoms. The van der Waals surface area contributed by atoms with Crippen LogP contribution in [0, 0.1) is 10.1 Å². The Morgan fingerprint density at radius 3 is 2.20 bits per heavy atom. The van der Waals surface area contributed by atoms with Gasteiger partial charge in [0.15, 0.2) is 0 Å². The minimum absolute atomic E-state index is 0.167. The van der Waals surface area contributed by atoms with E-state index in [0.29, 0.717) is 3.43 Å². The van der Waals surface area contributed by atoms with Crippen LogP contribution in [0.4, 0.5) is 5.69 Å². The first-order chi connectivity index (χ1) is 9.20. The Labute approximate surface area is 124 Å². The molecule has 0 amide bonds. The predicted octanol–water partition coefficient (Wildman–Crippen LogP) is 4.56. The van der Waals surface area contributed by atoms with Gasteiger partial charge in [0.25, 0.3) is 0 Å². The van der Waals surface area contributed by atoms with Crippen molar-refractivity contribution in [1.82, 2.24) is 0 Å². The molecule has 4 heteroatoms. The van der Waals surface area contributed by atoms with Gasteiger partial charge in [0.2, 0.25) is 0 Å². The van der Waals surface area contributed by atoms with Crippen molar-refractivity contribution in [3.63, 3.8) is 0 Å². The van der Waals surface area contributed by atoms with Crippen molar-refractivity contribution in [2.45, 2.75) is 56.3 Å². The number of fused-ring (bicyclic) bond motifs is 2. The van der Waals surface area contributed by atoms with E-state index in [0.717, 1.165) is 0 Å². The third-order valence-corrected chi connectivity index (χ3v) is 16.4. The summed E-state index contributed by atoms with van der Waals surface area (Å²) in [4.78, 5) is 18.4. The molecule has 1 aromatic rings. The van der Waals surface area contributed by atoms with Crippen LogP contribution >= 0.6 is 0 Å². The summed E-state index contributed by atoms with van der Waals surface area (Å²) in [7, 11) is 0. The second kappa shape index (κ2) is 4.21. The molecule has 3 nitrogen and oxygen atoms in total. The van der Waals surface area contributed by atoms with Gasteiger partial charge >= 0.3 is 125 Å². The Balaban J connectivity index is 2.25. The zero-order valence-electron chi connectivity index (χ0n) is 12.8. The topological polar surface area (TPSA) is 43.1 Å². The van der Waals surface area contributed by atoms with Crippen LogP contribution in [0.25, 0.3) is 0 Å². The quantitative estimate of drug-likeness (QED) is 0.429. The summed E-state index contributed by atoms with van der Waals surface area (Å²) in [5.74, 6) is 0. The third-order valence-electron chi connectivity index (χ3n) is 6.02. The first-order valence-electron chi connectivity index (χ1n) is 7.49. The maximum absolute atomic E-state index is 11.1. The van der Waals surface area contributed by atoms with Crippen LogP contribution in [0.2, 0.25) is 14.8 Å². The van der Waals surface area contributed by atoms with Crippen molar-refractivity contribution in [3.8, 4) is 0 Å². The van der Waals surface area contributed by atoms with Crippen LogP contribution in [-0.4, -0.2) is 23.3 Å². The van der Waals surface area contributed by atoms with E-state index in [1.165, 1.54) is 36.8 Å². The first-order valence-corrected chi connectivity index (χ1v) is 17.5. The predicted molar refractivity (Wildman–Crippen MR) is 83.9 cm³/mol. The number of benzene rings is 1. The number of nitrogens with zero attached hydrogens (tertiary/aromatic N) is 1. The third kappa shape index (κ3) is 1.78. The number of hydrogen-bond donors (Lipinski definition) is 0. The molecule has 20 heavy (non-hydrogen) atoms. The van der Waals surface area contributed by atoms with Gasteiger partial charge in [-0.25, -0.2) is 0 Å². The van der Waals surface area contributed by atoms with E-state index in [2.05, 4.69) is 27.8 Å². The molecule has 108 valence electrons. The minimum atomic E-state index is -2.17. The SMILES string of the molecule is CC12CC[C]([Sn]([CH3])([CH3])[CH3])(CC1)c1ccc([N+](=O)[O-])cc12. The summed E-state index contributed by atoms with van der Waals surface area (Å²) in [5, 5.41) is 11.1. The Bertz CT molecular complexity index is 581. The van der Waals surface area contributed by atoms with Crippen molar-refractivity contribution < 1.29 is 4.92 Å². The Kier molecular flexibility index (Phi) is 3.03. The van der Waals surface area contributed by atoms with Crippen molar-refractivity contribution >= 4 is 24.1 Å². The van der Waals surface area contributed by atoms with Crippen LogP contribution in [0.5, 0.6) is 0 Å². The molecule has 4 rings (SSSR count). The molecule has 0 unspecified atom stereocenters.